The SMILES string of the molecule is O=C1Nc2cc(Cl)ccc2C(=O)N2CCN(C(=O)c3cccnc3)CC12. The van der Waals surface area contributed by atoms with Crippen LogP contribution in [-0.2, 0) is 4.79 Å². The molecule has 1 unspecified atom stereocenters. The first-order chi connectivity index (χ1) is 12.5. The molecule has 26 heavy (non-hydrogen) atoms. The molecule has 2 aliphatic heterocycles. The number of carbonyl (C=O) groups excluding carboxylic acids is 3. The zero-order valence-electron chi connectivity index (χ0n) is 13.7. The molecule has 3 amide bonds. The smallest absolute Gasteiger partial charge is 0.256 e. The summed E-state index contributed by atoms with van der Waals surface area (Å²) in [5, 5.41) is 3.19. The molecule has 0 aliphatic carbocycles. The van der Waals surface area contributed by atoms with Crippen LogP contribution in [0.2, 0.25) is 5.02 Å². The van der Waals surface area contributed by atoms with E-state index in [0.717, 1.165) is 0 Å². The summed E-state index contributed by atoms with van der Waals surface area (Å²) >= 11 is 5.98. The van der Waals surface area contributed by atoms with Gasteiger partial charge in [0.2, 0.25) is 5.91 Å². The maximum atomic E-state index is 12.9. The van der Waals surface area contributed by atoms with Crippen LogP contribution in [0, 0.1) is 0 Å². The van der Waals surface area contributed by atoms with E-state index in [0.29, 0.717) is 28.4 Å². The summed E-state index contributed by atoms with van der Waals surface area (Å²) in [6.07, 6.45) is 3.08. The van der Waals surface area contributed by atoms with Crippen LogP contribution < -0.4 is 5.32 Å². The van der Waals surface area contributed by atoms with Gasteiger partial charge < -0.3 is 15.1 Å². The van der Waals surface area contributed by atoms with E-state index < -0.39 is 6.04 Å². The van der Waals surface area contributed by atoms with Gasteiger partial charge in [0.25, 0.3) is 11.8 Å². The van der Waals surface area contributed by atoms with Gasteiger partial charge >= 0.3 is 0 Å². The van der Waals surface area contributed by atoms with Gasteiger partial charge in [-0.25, -0.2) is 0 Å². The monoisotopic (exact) mass is 370 g/mol. The molecular weight excluding hydrogens is 356 g/mol. The van der Waals surface area contributed by atoms with Crippen molar-refractivity contribution in [1.82, 2.24) is 14.8 Å². The van der Waals surface area contributed by atoms with Crippen LogP contribution in [0.5, 0.6) is 0 Å². The maximum Gasteiger partial charge on any atom is 0.256 e. The Morgan fingerprint density at radius 1 is 1.23 bits per heavy atom. The van der Waals surface area contributed by atoms with Crippen molar-refractivity contribution in [3.63, 3.8) is 0 Å². The fraction of sp³-hybridized carbons (Fsp3) is 0.222. The van der Waals surface area contributed by atoms with Crippen LogP contribution in [0.1, 0.15) is 20.7 Å². The summed E-state index contributed by atoms with van der Waals surface area (Å²) in [4.78, 5) is 45.2. The van der Waals surface area contributed by atoms with Gasteiger partial charge in [-0.3, -0.25) is 19.4 Å². The summed E-state index contributed by atoms with van der Waals surface area (Å²) in [7, 11) is 0. The Bertz CT molecular complexity index is 903. The number of amides is 3. The number of rotatable bonds is 1. The standard InChI is InChI=1S/C18H15ClN4O3/c19-12-3-4-13-14(8-12)21-16(24)15-10-22(6-7-23(15)18(13)26)17(25)11-2-1-5-20-9-11/h1-5,8-9,15H,6-7,10H2,(H,21,24). The van der Waals surface area contributed by atoms with Gasteiger partial charge in [0.05, 0.1) is 23.4 Å². The lowest BCUT2D eigenvalue weighted by molar-refractivity contribution is -0.121. The van der Waals surface area contributed by atoms with E-state index in [-0.39, 0.29) is 30.8 Å². The molecule has 0 spiro atoms. The molecule has 1 saturated heterocycles. The summed E-state index contributed by atoms with van der Waals surface area (Å²) in [6, 6.07) is 7.40. The van der Waals surface area contributed by atoms with Crippen LogP contribution in [0.3, 0.4) is 0 Å². The lowest BCUT2D eigenvalue weighted by Crippen LogP contribution is -2.59. The number of halogens is 1. The van der Waals surface area contributed by atoms with Crippen LogP contribution in [-0.4, -0.2) is 58.2 Å². The highest BCUT2D eigenvalue weighted by Crippen LogP contribution is 2.28. The fourth-order valence-electron chi connectivity index (χ4n) is 3.28. The average molecular weight is 371 g/mol. The first-order valence-corrected chi connectivity index (χ1v) is 8.53. The van der Waals surface area contributed by atoms with Crippen molar-refractivity contribution < 1.29 is 14.4 Å². The molecule has 7 nitrogen and oxygen atoms in total. The van der Waals surface area contributed by atoms with Crippen LogP contribution in [0.25, 0.3) is 0 Å². The second-order valence-electron chi connectivity index (χ2n) is 6.19. The highest BCUT2D eigenvalue weighted by atomic mass is 35.5. The number of piperazine rings is 1. The molecule has 8 heteroatoms. The summed E-state index contributed by atoms with van der Waals surface area (Å²) < 4.78 is 0. The van der Waals surface area contributed by atoms with E-state index in [2.05, 4.69) is 10.3 Å². The summed E-state index contributed by atoms with van der Waals surface area (Å²) in [5.74, 6) is -0.778. The van der Waals surface area contributed by atoms with Crippen molar-refractivity contribution in [3.8, 4) is 0 Å². The fourth-order valence-corrected chi connectivity index (χ4v) is 3.46. The van der Waals surface area contributed by atoms with Gasteiger partial charge in [0.15, 0.2) is 0 Å². The quantitative estimate of drug-likeness (QED) is 0.827. The predicted molar refractivity (Wildman–Crippen MR) is 95.0 cm³/mol. The molecule has 2 aliphatic rings. The number of hydrogen-bond acceptors (Lipinski definition) is 4. The Hall–Kier alpha value is -2.93. The summed E-state index contributed by atoms with van der Waals surface area (Å²) in [5.41, 5.74) is 1.25. The number of carbonyl (C=O) groups is 3. The molecule has 1 atom stereocenters. The Labute approximate surface area is 154 Å². The molecule has 1 fully saturated rings. The Kier molecular flexibility index (Phi) is 4.08. The van der Waals surface area contributed by atoms with Gasteiger partial charge in [0.1, 0.15) is 6.04 Å². The van der Waals surface area contributed by atoms with E-state index in [1.165, 1.54) is 11.1 Å². The van der Waals surface area contributed by atoms with E-state index in [1.807, 2.05) is 0 Å². The number of aromatic nitrogens is 1. The number of nitrogens with one attached hydrogen (secondary N) is 1. The number of benzene rings is 1. The first-order valence-electron chi connectivity index (χ1n) is 8.15. The van der Waals surface area contributed by atoms with Gasteiger partial charge in [-0.2, -0.15) is 0 Å². The maximum absolute atomic E-state index is 12.9. The zero-order valence-corrected chi connectivity index (χ0v) is 14.4. The van der Waals surface area contributed by atoms with Crippen molar-refractivity contribution in [1.29, 1.82) is 0 Å². The largest absolute Gasteiger partial charge is 0.334 e. The highest BCUT2D eigenvalue weighted by molar-refractivity contribution is 6.31. The average Bonchev–Trinajstić information content (AvgIpc) is 2.76. The number of hydrogen-bond donors (Lipinski definition) is 1. The third-order valence-electron chi connectivity index (χ3n) is 4.61. The van der Waals surface area contributed by atoms with Gasteiger partial charge in [-0.1, -0.05) is 11.6 Å². The Morgan fingerprint density at radius 3 is 2.85 bits per heavy atom. The van der Waals surface area contributed by atoms with Crippen molar-refractivity contribution in [3.05, 3.63) is 58.9 Å². The molecule has 0 radical (unpaired) electrons. The third kappa shape index (κ3) is 2.80. The molecule has 0 bridgehead atoms. The number of nitrogens with zero attached hydrogens (tertiary/aromatic N) is 3. The predicted octanol–water partition coefficient (Wildman–Crippen LogP) is 1.65. The van der Waals surface area contributed by atoms with E-state index in [4.69, 9.17) is 11.6 Å². The molecule has 132 valence electrons. The molecule has 4 rings (SSSR count). The van der Waals surface area contributed by atoms with Crippen LogP contribution in [0.15, 0.2) is 42.7 Å². The summed E-state index contributed by atoms with van der Waals surface area (Å²) in [6.45, 7) is 0.768. The molecule has 1 aromatic carbocycles. The Balaban J connectivity index is 1.61. The Morgan fingerprint density at radius 2 is 2.08 bits per heavy atom. The van der Waals surface area contributed by atoms with Crippen molar-refractivity contribution in [2.24, 2.45) is 0 Å². The minimum atomic E-state index is -0.747. The molecular formula is C18H15ClN4O3. The highest BCUT2D eigenvalue weighted by Gasteiger charge is 2.40. The minimum Gasteiger partial charge on any atom is -0.334 e. The normalized spacial score (nSPS) is 19.3. The minimum absolute atomic E-state index is 0.132. The van der Waals surface area contributed by atoms with Gasteiger partial charge in [0, 0.05) is 30.5 Å². The molecule has 2 aromatic rings. The number of pyridine rings is 1. The van der Waals surface area contributed by atoms with Gasteiger partial charge in [-0.15, -0.1) is 0 Å². The molecule has 3 heterocycles. The van der Waals surface area contributed by atoms with Gasteiger partial charge in [-0.05, 0) is 30.3 Å². The zero-order chi connectivity index (χ0) is 18.3. The molecule has 1 aromatic heterocycles. The number of anilines is 1. The van der Waals surface area contributed by atoms with Crippen molar-refractivity contribution in [2.45, 2.75) is 6.04 Å². The van der Waals surface area contributed by atoms with E-state index in [9.17, 15) is 14.4 Å². The van der Waals surface area contributed by atoms with Crippen molar-refractivity contribution in [2.75, 3.05) is 25.0 Å². The lowest BCUT2D eigenvalue weighted by Gasteiger charge is -2.39. The second kappa shape index (κ2) is 6.42. The third-order valence-corrected chi connectivity index (χ3v) is 4.84. The van der Waals surface area contributed by atoms with Crippen LogP contribution >= 0.6 is 11.6 Å². The lowest BCUT2D eigenvalue weighted by atomic mass is 10.1. The molecule has 1 N–H and O–H groups in total. The second-order valence-corrected chi connectivity index (χ2v) is 6.62. The van der Waals surface area contributed by atoms with E-state index in [1.54, 1.807) is 41.4 Å². The molecule has 0 saturated carbocycles. The van der Waals surface area contributed by atoms with E-state index >= 15 is 0 Å². The first kappa shape index (κ1) is 16.5. The number of fused-ring (bicyclic) bond motifs is 2. The van der Waals surface area contributed by atoms with Crippen LogP contribution in [0.4, 0.5) is 5.69 Å². The van der Waals surface area contributed by atoms with Crippen molar-refractivity contribution >= 4 is 35.0 Å². The topological polar surface area (TPSA) is 82.6 Å².